The highest BCUT2D eigenvalue weighted by molar-refractivity contribution is 6.26. The van der Waals surface area contributed by atoms with Crippen molar-refractivity contribution >= 4 is 49.7 Å². The number of ketones is 3. The lowest BCUT2D eigenvalue weighted by Gasteiger charge is -2.39. The summed E-state index contributed by atoms with van der Waals surface area (Å²) >= 11 is 0. The van der Waals surface area contributed by atoms with Crippen molar-refractivity contribution in [2.45, 2.75) is 11.8 Å². The van der Waals surface area contributed by atoms with Gasteiger partial charge in [0.05, 0.1) is 11.8 Å². The molecule has 2 unspecified atom stereocenters. The molecule has 38 heavy (non-hydrogen) atoms. The van der Waals surface area contributed by atoms with E-state index in [1.54, 1.807) is 0 Å². The van der Waals surface area contributed by atoms with Gasteiger partial charge in [0, 0.05) is 22.3 Å². The second-order valence-corrected chi connectivity index (χ2v) is 10.7. The molecule has 2 atom stereocenters. The number of rotatable bonds is 0. The molecule has 6 aromatic carbocycles. The number of fused-ring (bicyclic) bond motifs is 6. The summed E-state index contributed by atoms with van der Waals surface area (Å²) in [6, 6.07) is 31.5. The van der Waals surface area contributed by atoms with Crippen LogP contribution in [0.2, 0.25) is 0 Å². The average Bonchev–Trinajstić information content (AvgIpc) is 2.95. The molecule has 9 rings (SSSR count). The van der Waals surface area contributed by atoms with Crippen LogP contribution in [0.25, 0.3) is 32.3 Å². The van der Waals surface area contributed by atoms with Gasteiger partial charge in [0.25, 0.3) is 0 Å². The van der Waals surface area contributed by atoms with E-state index in [4.69, 9.17) is 0 Å². The number of benzene rings is 6. The predicted octanol–water partition coefficient (Wildman–Crippen LogP) is 7.08. The highest BCUT2D eigenvalue weighted by Crippen LogP contribution is 2.54. The number of carbonyl (C=O) groups is 3. The van der Waals surface area contributed by atoms with E-state index in [0.29, 0.717) is 22.3 Å². The fourth-order valence-electron chi connectivity index (χ4n) is 7.21. The minimum Gasteiger partial charge on any atom is -0.298 e. The summed E-state index contributed by atoms with van der Waals surface area (Å²) in [5, 5.41) is 5.83. The Morgan fingerprint density at radius 2 is 0.842 bits per heavy atom. The van der Waals surface area contributed by atoms with Gasteiger partial charge in [0.15, 0.2) is 17.3 Å². The van der Waals surface area contributed by atoms with Gasteiger partial charge in [-0.1, -0.05) is 72.8 Å². The second-order valence-electron chi connectivity index (χ2n) is 10.7. The molecule has 3 heteroatoms. The minimum atomic E-state index is -0.564. The third-order valence-electron chi connectivity index (χ3n) is 8.85. The summed E-state index contributed by atoms with van der Waals surface area (Å²) in [7, 11) is 0. The van der Waals surface area contributed by atoms with E-state index in [1.165, 1.54) is 0 Å². The van der Waals surface area contributed by atoms with Crippen LogP contribution in [0.5, 0.6) is 0 Å². The van der Waals surface area contributed by atoms with Gasteiger partial charge in [-0.05, 0) is 78.8 Å². The first-order chi connectivity index (χ1) is 18.6. The van der Waals surface area contributed by atoms with Crippen LogP contribution in [-0.2, 0) is 4.79 Å². The lowest BCUT2D eigenvalue weighted by molar-refractivity contribution is -0.120. The zero-order valence-corrected chi connectivity index (χ0v) is 20.1. The fraction of sp³-hybridized carbons (Fsp3) is 0.0571. The first-order valence-electron chi connectivity index (χ1n) is 12.9. The molecule has 6 aromatic rings. The van der Waals surface area contributed by atoms with Crippen molar-refractivity contribution in [1.29, 1.82) is 0 Å². The monoisotopic (exact) mass is 486 g/mol. The van der Waals surface area contributed by atoms with Crippen molar-refractivity contribution in [3.05, 3.63) is 142 Å². The molecule has 0 heterocycles. The summed E-state index contributed by atoms with van der Waals surface area (Å²) in [4.78, 5) is 42.5. The quantitative estimate of drug-likeness (QED) is 0.230. The van der Waals surface area contributed by atoms with Crippen LogP contribution in [0.1, 0.15) is 65.9 Å². The van der Waals surface area contributed by atoms with Crippen molar-refractivity contribution in [1.82, 2.24) is 0 Å². The first kappa shape index (κ1) is 20.2. The van der Waals surface area contributed by atoms with Gasteiger partial charge < -0.3 is 0 Å². The largest absolute Gasteiger partial charge is 0.298 e. The van der Waals surface area contributed by atoms with Crippen molar-refractivity contribution in [3.63, 3.8) is 0 Å². The summed E-state index contributed by atoms with van der Waals surface area (Å²) in [5.74, 6) is -1.21. The third kappa shape index (κ3) is 2.28. The molecule has 0 spiro atoms. The lowest BCUT2D eigenvalue weighted by atomic mass is 9.61. The molecular weight excluding hydrogens is 468 g/mol. The van der Waals surface area contributed by atoms with Gasteiger partial charge in [-0.3, -0.25) is 14.4 Å². The highest BCUT2D eigenvalue weighted by Gasteiger charge is 2.48. The van der Waals surface area contributed by atoms with Gasteiger partial charge in [-0.15, -0.1) is 0 Å². The van der Waals surface area contributed by atoms with Crippen molar-refractivity contribution in [2.24, 2.45) is 0 Å². The molecule has 3 nitrogen and oxygen atoms in total. The van der Waals surface area contributed by atoms with Gasteiger partial charge >= 0.3 is 0 Å². The molecule has 0 radical (unpaired) electrons. The van der Waals surface area contributed by atoms with Crippen LogP contribution < -0.4 is 0 Å². The van der Waals surface area contributed by atoms with E-state index in [-0.39, 0.29) is 17.3 Å². The first-order valence-corrected chi connectivity index (χ1v) is 12.9. The maximum Gasteiger partial charge on any atom is 0.193 e. The molecule has 0 N–H and O–H groups in total. The van der Waals surface area contributed by atoms with E-state index in [9.17, 15) is 14.4 Å². The van der Waals surface area contributed by atoms with Crippen LogP contribution in [0, 0.1) is 0 Å². The highest BCUT2D eigenvalue weighted by atomic mass is 16.1. The van der Waals surface area contributed by atoms with Crippen molar-refractivity contribution in [2.75, 3.05) is 0 Å². The van der Waals surface area contributed by atoms with Crippen LogP contribution >= 0.6 is 0 Å². The molecule has 0 bridgehead atoms. The zero-order chi connectivity index (χ0) is 25.3. The van der Waals surface area contributed by atoms with Gasteiger partial charge in [0.2, 0.25) is 0 Å². The van der Waals surface area contributed by atoms with Crippen molar-refractivity contribution < 1.29 is 14.4 Å². The van der Waals surface area contributed by atoms with Crippen LogP contribution in [0.4, 0.5) is 0 Å². The third-order valence-corrected chi connectivity index (χ3v) is 8.85. The van der Waals surface area contributed by atoms with E-state index >= 15 is 0 Å². The average molecular weight is 487 g/mol. The molecule has 0 saturated heterocycles. The fourth-order valence-corrected chi connectivity index (χ4v) is 7.21. The summed E-state index contributed by atoms with van der Waals surface area (Å²) < 4.78 is 0. The SMILES string of the molecule is O=C1c2cc3ccccc3cc2C2C(=O)C3c4cc5ccccc5cc4C(=O)c4ccc5ccc1c2c5c43. The smallest absolute Gasteiger partial charge is 0.193 e. The molecule has 0 fully saturated rings. The van der Waals surface area contributed by atoms with E-state index < -0.39 is 11.8 Å². The molecule has 0 aromatic heterocycles. The van der Waals surface area contributed by atoms with E-state index in [2.05, 4.69) is 0 Å². The normalized spacial score (nSPS) is 18.7. The Kier molecular flexibility index (Phi) is 3.56. The van der Waals surface area contributed by atoms with Crippen LogP contribution in [0.15, 0.2) is 97.1 Å². The standard InChI is InChI=1S/C35H18O3/c36-33-22-11-9-17-10-12-23-30-28(17)29(22)31(24-13-18-5-1-3-7-20(18)15-26(24)33)35(38)32(30)25-14-19-6-2-4-8-21(19)16-27(25)34(23)37/h1-16,31-32H. The molecule has 3 aliphatic carbocycles. The molecule has 0 saturated carbocycles. The van der Waals surface area contributed by atoms with Crippen molar-refractivity contribution in [3.8, 4) is 0 Å². The summed E-state index contributed by atoms with van der Waals surface area (Å²) in [6.45, 7) is 0. The topological polar surface area (TPSA) is 51.2 Å². The lowest BCUT2D eigenvalue weighted by Crippen LogP contribution is -2.36. The number of hydrogen-bond donors (Lipinski definition) is 0. The molecule has 176 valence electrons. The number of Topliss-reactive ketones (excluding diaryl/α,β-unsaturated/α-hetero) is 1. The van der Waals surface area contributed by atoms with Gasteiger partial charge in [-0.2, -0.15) is 0 Å². The molecular formula is C35H18O3. The minimum absolute atomic E-state index is 0.0340. The van der Waals surface area contributed by atoms with Crippen LogP contribution in [0.3, 0.4) is 0 Å². The van der Waals surface area contributed by atoms with E-state index in [1.807, 2.05) is 97.1 Å². The predicted molar refractivity (Wildman–Crippen MR) is 147 cm³/mol. The Labute approximate surface area is 217 Å². The van der Waals surface area contributed by atoms with Crippen LogP contribution in [-0.4, -0.2) is 17.3 Å². The molecule has 0 amide bonds. The molecule has 3 aliphatic rings. The molecule has 0 aliphatic heterocycles. The number of carbonyl (C=O) groups excluding carboxylic acids is 3. The Balaban J connectivity index is 1.44. The summed E-state index contributed by atoms with van der Waals surface area (Å²) in [5.41, 5.74) is 5.42. The second kappa shape index (κ2) is 6.70. The maximum atomic E-state index is 14.8. The Morgan fingerprint density at radius 1 is 0.421 bits per heavy atom. The number of hydrogen-bond acceptors (Lipinski definition) is 3. The Bertz CT molecular complexity index is 2000. The van der Waals surface area contributed by atoms with Gasteiger partial charge in [-0.25, -0.2) is 0 Å². The maximum absolute atomic E-state index is 14.8. The Hall–Kier alpha value is -4.89. The summed E-state index contributed by atoms with van der Waals surface area (Å²) in [6.07, 6.45) is 0. The van der Waals surface area contributed by atoms with E-state index in [0.717, 1.165) is 54.6 Å². The van der Waals surface area contributed by atoms with Gasteiger partial charge in [0.1, 0.15) is 0 Å². The Morgan fingerprint density at radius 3 is 1.29 bits per heavy atom. The zero-order valence-electron chi connectivity index (χ0n) is 20.1.